The molecule has 1 heterocycles. The summed E-state index contributed by atoms with van der Waals surface area (Å²) < 4.78 is 0. The van der Waals surface area contributed by atoms with E-state index in [0.29, 0.717) is 5.69 Å². The van der Waals surface area contributed by atoms with Crippen LogP contribution in [0, 0.1) is 5.92 Å². The molecule has 1 aromatic rings. The Morgan fingerprint density at radius 2 is 1.61 bits per heavy atom. The fraction of sp³-hybridized carbons (Fsp3) is 0.647. The second kappa shape index (κ2) is 16.3. The molecule has 0 aliphatic rings. The Kier molecular flexibility index (Phi) is 16.1. The zero-order chi connectivity index (χ0) is 24.7. The van der Waals surface area contributed by atoms with Crippen molar-refractivity contribution in [1.29, 1.82) is 0 Å². The number of carbonyl (C=O) groups excluding carboxylic acids is 1. The summed E-state index contributed by atoms with van der Waals surface area (Å²) in [6.07, 6.45) is -1.84. The van der Waals surface area contributed by atoms with E-state index in [0.717, 1.165) is 0 Å². The molecule has 31 heavy (non-hydrogen) atoms. The Morgan fingerprint density at radius 1 is 1.06 bits per heavy atom. The number of aromatic amines is 1. The maximum Gasteiger partial charge on any atom is 0.320 e. The second-order valence-electron chi connectivity index (χ2n) is 6.63. The molecule has 5 atom stereocenters. The normalized spacial score (nSPS) is 15.3. The van der Waals surface area contributed by atoms with Gasteiger partial charge >= 0.3 is 11.9 Å². The highest BCUT2D eigenvalue weighted by Gasteiger charge is 2.28. The second-order valence-corrected chi connectivity index (χ2v) is 6.63. The SMILES string of the molecule is CC(C)[C@H](N)C(=O)O.N[C@@H](Cc1c[nH]cn1)C(=O)O.O=C(CO)[C@@H](O)[C@H](O)[C@H](O)CO. The summed E-state index contributed by atoms with van der Waals surface area (Å²) in [5, 5.41) is 59.7. The zero-order valence-electron chi connectivity index (χ0n) is 17.2. The molecule has 0 radical (unpaired) electrons. The molecule has 0 aliphatic carbocycles. The van der Waals surface area contributed by atoms with Crippen LogP contribution in [0.15, 0.2) is 12.5 Å². The number of carboxylic acids is 2. The number of hydrogen-bond donors (Lipinski definition) is 10. The number of nitrogens with one attached hydrogen (secondary N) is 1. The number of aliphatic hydroxyl groups is 5. The van der Waals surface area contributed by atoms with Crippen LogP contribution in [0.2, 0.25) is 0 Å². The van der Waals surface area contributed by atoms with Crippen molar-refractivity contribution in [2.45, 2.75) is 50.7 Å². The molecule has 0 amide bonds. The first-order valence-electron chi connectivity index (χ1n) is 9.03. The average Bonchev–Trinajstić information content (AvgIpc) is 3.24. The predicted molar refractivity (Wildman–Crippen MR) is 106 cm³/mol. The van der Waals surface area contributed by atoms with E-state index >= 15 is 0 Å². The summed E-state index contributed by atoms with van der Waals surface area (Å²) in [7, 11) is 0. The molecular formula is C17H32N4O10. The highest BCUT2D eigenvalue weighted by atomic mass is 16.4. The van der Waals surface area contributed by atoms with Crippen molar-refractivity contribution in [3.05, 3.63) is 18.2 Å². The Balaban J connectivity index is 0. The first-order valence-corrected chi connectivity index (χ1v) is 9.03. The largest absolute Gasteiger partial charge is 0.480 e. The van der Waals surface area contributed by atoms with Gasteiger partial charge in [0, 0.05) is 12.6 Å². The molecule has 0 unspecified atom stereocenters. The van der Waals surface area contributed by atoms with E-state index in [2.05, 4.69) is 9.97 Å². The van der Waals surface area contributed by atoms with Crippen LogP contribution in [0.1, 0.15) is 19.5 Å². The summed E-state index contributed by atoms with van der Waals surface area (Å²) in [5.74, 6) is -2.92. The van der Waals surface area contributed by atoms with Crippen molar-refractivity contribution in [2.75, 3.05) is 13.2 Å². The van der Waals surface area contributed by atoms with Gasteiger partial charge in [0.05, 0.1) is 18.6 Å². The lowest BCUT2D eigenvalue weighted by Crippen LogP contribution is -2.44. The molecule has 0 fully saturated rings. The molecule has 0 spiro atoms. The van der Waals surface area contributed by atoms with Crippen molar-refractivity contribution in [3.8, 4) is 0 Å². The number of nitrogens with zero attached hydrogens (tertiary/aromatic N) is 1. The van der Waals surface area contributed by atoms with Gasteiger partial charge in [0.1, 0.15) is 37.0 Å². The van der Waals surface area contributed by atoms with Gasteiger partial charge in [-0.05, 0) is 5.92 Å². The van der Waals surface area contributed by atoms with E-state index in [4.69, 9.17) is 47.2 Å². The minimum Gasteiger partial charge on any atom is -0.480 e. The first kappa shape index (κ1) is 30.7. The molecule has 0 bridgehead atoms. The van der Waals surface area contributed by atoms with E-state index in [-0.39, 0.29) is 12.3 Å². The van der Waals surface area contributed by atoms with Gasteiger partial charge in [-0.15, -0.1) is 0 Å². The number of rotatable bonds is 10. The maximum atomic E-state index is 10.5. The van der Waals surface area contributed by atoms with Crippen LogP contribution in [0.25, 0.3) is 0 Å². The molecular weight excluding hydrogens is 420 g/mol. The third-order valence-corrected chi connectivity index (χ3v) is 3.69. The Labute approximate surface area is 178 Å². The molecule has 0 aromatic carbocycles. The standard InChI is InChI=1S/C6H9N3O2.C6H12O6.C5H11NO2/c7-5(6(10)11)1-4-2-8-3-9-4;7-1-3(9)5(11)6(12)4(10)2-8;1-3(2)4(6)5(7)8/h2-3,5H,1,7H2,(H,8,9)(H,10,11);3,5-9,11-12H,1-2H2;3-4H,6H2,1-2H3,(H,7,8)/t5-;3-,5-,6-;4-/m010/s1. The molecule has 180 valence electrons. The lowest BCUT2D eigenvalue weighted by molar-refractivity contribution is -0.143. The number of carbonyl (C=O) groups is 3. The number of imidazole rings is 1. The van der Waals surface area contributed by atoms with Crippen molar-refractivity contribution < 1.29 is 50.1 Å². The quantitative estimate of drug-likeness (QED) is 0.162. The number of carboxylic acid groups (broad SMARTS) is 2. The molecule has 12 N–H and O–H groups in total. The van der Waals surface area contributed by atoms with Gasteiger partial charge in [0.2, 0.25) is 0 Å². The van der Waals surface area contributed by atoms with Gasteiger partial charge in [-0.25, -0.2) is 4.98 Å². The number of aliphatic hydroxyl groups excluding tert-OH is 5. The van der Waals surface area contributed by atoms with Crippen molar-refractivity contribution in [1.82, 2.24) is 9.97 Å². The van der Waals surface area contributed by atoms with Gasteiger partial charge in [-0.2, -0.15) is 0 Å². The van der Waals surface area contributed by atoms with E-state index in [9.17, 15) is 14.4 Å². The Morgan fingerprint density at radius 3 is 1.90 bits per heavy atom. The number of Topliss-reactive ketones (excluding diaryl/α,β-unsaturated/α-hetero) is 1. The number of aliphatic carboxylic acids is 2. The van der Waals surface area contributed by atoms with Gasteiger partial charge < -0.3 is 52.2 Å². The van der Waals surface area contributed by atoms with Crippen LogP contribution in [-0.4, -0.2) is 107 Å². The molecule has 0 aliphatic heterocycles. The third-order valence-electron chi connectivity index (χ3n) is 3.69. The van der Waals surface area contributed by atoms with Crippen LogP contribution in [0.3, 0.4) is 0 Å². The molecule has 14 nitrogen and oxygen atoms in total. The summed E-state index contributed by atoms with van der Waals surface area (Å²) in [4.78, 5) is 37.4. The van der Waals surface area contributed by atoms with Crippen LogP contribution < -0.4 is 11.5 Å². The summed E-state index contributed by atoms with van der Waals surface area (Å²) in [5.41, 5.74) is 11.1. The molecule has 1 rings (SSSR count). The highest BCUT2D eigenvalue weighted by Crippen LogP contribution is 2.00. The lowest BCUT2D eigenvalue weighted by Gasteiger charge is -2.19. The van der Waals surface area contributed by atoms with Crippen LogP contribution in [-0.2, 0) is 20.8 Å². The van der Waals surface area contributed by atoms with Crippen molar-refractivity contribution in [2.24, 2.45) is 17.4 Å². The fourth-order valence-corrected chi connectivity index (χ4v) is 1.60. The van der Waals surface area contributed by atoms with Gasteiger partial charge in [-0.1, -0.05) is 13.8 Å². The molecule has 1 aromatic heterocycles. The van der Waals surface area contributed by atoms with Crippen molar-refractivity contribution in [3.63, 3.8) is 0 Å². The summed E-state index contributed by atoms with van der Waals surface area (Å²) in [6, 6.07) is -1.58. The first-order chi connectivity index (χ1) is 14.3. The topological polar surface area (TPSA) is 274 Å². The number of hydrogen-bond acceptors (Lipinski definition) is 11. The van der Waals surface area contributed by atoms with Gasteiger partial charge in [-0.3, -0.25) is 14.4 Å². The number of H-pyrrole nitrogens is 1. The Bertz CT molecular complexity index is 641. The average molecular weight is 452 g/mol. The minimum absolute atomic E-state index is 0.0208. The summed E-state index contributed by atoms with van der Waals surface area (Å²) >= 11 is 0. The fourth-order valence-electron chi connectivity index (χ4n) is 1.60. The number of ketones is 1. The number of nitrogens with two attached hydrogens (primary N) is 2. The molecule has 0 saturated carbocycles. The van der Waals surface area contributed by atoms with Crippen molar-refractivity contribution >= 4 is 17.7 Å². The minimum atomic E-state index is -1.86. The lowest BCUT2D eigenvalue weighted by atomic mass is 10.1. The van der Waals surface area contributed by atoms with E-state index in [1.807, 2.05) is 0 Å². The van der Waals surface area contributed by atoms with Crippen LogP contribution in [0.4, 0.5) is 0 Å². The smallest absolute Gasteiger partial charge is 0.320 e. The molecule has 14 heteroatoms. The van der Waals surface area contributed by atoms with Crippen LogP contribution >= 0.6 is 0 Å². The molecule has 0 saturated heterocycles. The number of aromatic nitrogens is 2. The van der Waals surface area contributed by atoms with E-state index in [1.54, 1.807) is 20.0 Å². The zero-order valence-corrected chi connectivity index (χ0v) is 17.2. The van der Waals surface area contributed by atoms with Gasteiger partial charge in [0.25, 0.3) is 0 Å². The van der Waals surface area contributed by atoms with Crippen LogP contribution in [0.5, 0.6) is 0 Å². The summed E-state index contributed by atoms with van der Waals surface area (Å²) in [6.45, 7) is 1.87. The predicted octanol–water partition coefficient (Wildman–Crippen LogP) is -3.96. The monoisotopic (exact) mass is 452 g/mol. The Hall–Kier alpha value is -2.46. The highest BCUT2D eigenvalue weighted by molar-refractivity contribution is 5.84. The van der Waals surface area contributed by atoms with E-state index in [1.165, 1.54) is 6.33 Å². The third kappa shape index (κ3) is 13.5. The van der Waals surface area contributed by atoms with Gasteiger partial charge in [0.15, 0.2) is 5.78 Å². The maximum absolute atomic E-state index is 10.5. The van der Waals surface area contributed by atoms with E-state index < -0.39 is 61.3 Å².